The lowest BCUT2D eigenvalue weighted by Crippen LogP contribution is -2.36. The molecular weight excluding hydrogens is 526 g/mol. The van der Waals surface area contributed by atoms with E-state index in [2.05, 4.69) is 21.2 Å². The fourth-order valence-electron chi connectivity index (χ4n) is 5.06. The molecule has 0 spiro atoms. The van der Waals surface area contributed by atoms with Crippen molar-refractivity contribution >= 4 is 27.7 Å². The summed E-state index contributed by atoms with van der Waals surface area (Å²) in [4.78, 5) is 27.0. The lowest BCUT2D eigenvalue weighted by atomic mass is 9.71. The van der Waals surface area contributed by atoms with Gasteiger partial charge < -0.3 is 24.6 Å². The number of ether oxygens (including phenoxy) is 3. The summed E-state index contributed by atoms with van der Waals surface area (Å²) in [6.45, 7) is 4.03. The third-order valence-corrected chi connectivity index (χ3v) is 7.27. The van der Waals surface area contributed by atoms with E-state index in [0.717, 1.165) is 17.0 Å². The highest BCUT2D eigenvalue weighted by molar-refractivity contribution is 9.10. The van der Waals surface area contributed by atoms with Gasteiger partial charge in [0.15, 0.2) is 17.3 Å². The number of nitrogens with one attached hydrogen (secondary N) is 1. The van der Waals surface area contributed by atoms with Gasteiger partial charge in [0.05, 0.1) is 30.9 Å². The van der Waals surface area contributed by atoms with E-state index >= 15 is 0 Å². The summed E-state index contributed by atoms with van der Waals surface area (Å²) >= 11 is 3.38. The van der Waals surface area contributed by atoms with Crippen LogP contribution >= 0.6 is 15.9 Å². The van der Waals surface area contributed by atoms with Gasteiger partial charge in [0.2, 0.25) is 0 Å². The first kappa shape index (κ1) is 25.8. The van der Waals surface area contributed by atoms with Crippen LogP contribution in [0.25, 0.3) is 0 Å². The Morgan fingerprint density at radius 1 is 1.14 bits per heavy atom. The molecule has 0 amide bonds. The van der Waals surface area contributed by atoms with E-state index in [0.29, 0.717) is 39.7 Å². The number of methoxy groups -OCH3 is 2. The second kappa shape index (κ2) is 10.8. The average molecular weight is 556 g/mol. The lowest BCUT2D eigenvalue weighted by Gasteiger charge is -2.37. The van der Waals surface area contributed by atoms with Crippen LogP contribution in [-0.2, 0) is 14.3 Å². The molecule has 36 heavy (non-hydrogen) atoms. The van der Waals surface area contributed by atoms with Crippen molar-refractivity contribution in [3.05, 3.63) is 74.5 Å². The maximum absolute atomic E-state index is 13.8. The van der Waals surface area contributed by atoms with Crippen molar-refractivity contribution in [3.63, 3.8) is 0 Å². The third kappa shape index (κ3) is 4.74. The summed E-state index contributed by atoms with van der Waals surface area (Å²) in [6.07, 6.45) is 1.55. The van der Waals surface area contributed by atoms with Crippen LogP contribution in [-0.4, -0.2) is 37.7 Å². The Kier molecular flexibility index (Phi) is 7.73. The largest absolute Gasteiger partial charge is 0.503 e. The summed E-state index contributed by atoms with van der Waals surface area (Å²) in [7, 11) is 3.08. The van der Waals surface area contributed by atoms with E-state index in [1.807, 2.05) is 38.1 Å². The summed E-state index contributed by atoms with van der Waals surface area (Å²) in [5, 5.41) is 13.7. The van der Waals surface area contributed by atoms with Crippen LogP contribution in [0.4, 0.5) is 0 Å². The number of esters is 1. The minimum atomic E-state index is -0.664. The Balaban J connectivity index is 1.85. The zero-order valence-corrected chi connectivity index (χ0v) is 22.4. The quantitative estimate of drug-likeness (QED) is 0.436. The molecule has 0 unspecified atom stereocenters. The van der Waals surface area contributed by atoms with E-state index in [1.165, 1.54) is 7.11 Å². The number of carbonyl (C=O) groups is 2. The number of allylic oxidation sites excluding steroid dienone is 3. The minimum absolute atomic E-state index is 0.0496. The Morgan fingerprint density at radius 2 is 1.86 bits per heavy atom. The van der Waals surface area contributed by atoms with Gasteiger partial charge in [-0.25, -0.2) is 4.79 Å². The molecule has 0 fully saturated rings. The Hall–Kier alpha value is -3.26. The standard InChI is InChI=1S/C28H30BrNO6/c1-5-10-36-28(33)24-15(2)30-20-12-16(18-8-6-7-9-22(18)34-3)13-21(31)26(20)25(24)17-11-19(29)27(32)23(14-17)35-4/h6-9,11,14,16,25,30,32H,5,10,12-13H2,1-4H3/t16-,25+/m0/s1. The van der Waals surface area contributed by atoms with E-state index < -0.39 is 11.9 Å². The number of carbonyl (C=O) groups excluding carboxylic acids is 2. The summed E-state index contributed by atoms with van der Waals surface area (Å²) < 4.78 is 16.8. The second-order valence-corrected chi connectivity index (χ2v) is 9.80. The molecular formula is C28H30BrNO6. The highest BCUT2D eigenvalue weighted by Gasteiger charge is 2.42. The normalized spacial score (nSPS) is 19.5. The number of para-hydroxylation sites is 1. The van der Waals surface area contributed by atoms with Gasteiger partial charge in [-0.05, 0) is 65.0 Å². The smallest absolute Gasteiger partial charge is 0.336 e. The van der Waals surface area contributed by atoms with E-state index in [9.17, 15) is 14.7 Å². The lowest BCUT2D eigenvalue weighted by molar-refractivity contribution is -0.139. The van der Waals surface area contributed by atoms with Crippen LogP contribution in [0.1, 0.15) is 56.1 Å². The Morgan fingerprint density at radius 3 is 2.56 bits per heavy atom. The Labute approximate surface area is 219 Å². The molecule has 1 aliphatic heterocycles. The number of ketones is 1. The van der Waals surface area contributed by atoms with Crippen LogP contribution in [0, 0.1) is 0 Å². The number of phenols is 1. The van der Waals surface area contributed by atoms with Gasteiger partial charge >= 0.3 is 5.97 Å². The topological polar surface area (TPSA) is 94.1 Å². The molecule has 4 rings (SSSR count). The molecule has 7 nitrogen and oxygen atoms in total. The van der Waals surface area contributed by atoms with Crippen molar-refractivity contribution in [2.45, 2.75) is 44.9 Å². The summed E-state index contributed by atoms with van der Waals surface area (Å²) in [5.74, 6) is -0.316. The highest BCUT2D eigenvalue weighted by atomic mass is 79.9. The molecule has 2 aromatic carbocycles. The summed E-state index contributed by atoms with van der Waals surface area (Å²) in [5.41, 5.74) is 3.96. The van der Waals surface area contributed by atoms with Gasteiger partial charge in [0.25, 0.3) is 0 Å². The highest BCUT2D eigenvalue weighted by Crippen LogP contribution is 2.49. The van der Waals surface area contributed by atoms with E-state index in [4.69, 9.17) is 14.2 Å². The van der Waals surface area contributed by atoms with E-state index in [-0.39, 0.29) is 36.2 Å². The molecule has 0 saturated heterocycles. The van der Waals surface area contributed by atoms with Gasteiger partial charge in [0, 0.05) is 35.2 Å². The number of rotatable bonds is 7. The van der Waals surface area contributed by atoms with Crippen LogP contribution in [0.15, 0.2) is 63.4 Å². The van der Waals surface area contributed by atoms with Crippen molar-refractivity contribution in [2.24, 2.45) is 0 Å². The maximum Gasteiger partial charge on any atom is 0.336 e. The monoisotopic (exact) mass is 555 g/mol. The zero-order valence-electron chi connectivity index (χ0n) is 20.8. The molecule has 0 bridgehead atoms. The van der Waals surface area contributed by atoms with Crippen molar-refractivity contribution < 1.29 is 28.9 Å². The number of dihydropyridines is 1. The van der Waals surface area contributed by atoms with Gasteiger partial charge in [-0.3, -0.25) is 4.79 Å². The van der Waals surface area contributed by atoms with Gasteiger partial charge in [0.1, 0.15) is 5.75 Å². The number of aromatic hydroxyl groups is 1. The van der Waals surface area contributed by atoms with Crippen LogP contribution in [0.2, 0.25) is 0 Å². The van der Waals surface area contributed by atoms with Crippen molar-refractivity contribution in [1.82, 2.24) is 5.32 Å². The summed E-state index contributed by atoms with van der Waals surface area (Å²) in [6, 6.07) is 11.1. The zero-order chi connectivity index (χ0) is 26.0. The molecule has 2 N–H and O–H groups in total. The molecule has 1 heterocycles. The van der Waals surface area contributed by atoms with Gasteiger partial charge in [-0.1, -0.05) is 25.1 Å². The fraction of sp³-hybridized carbons (Fsp3) is 0.357. The Bertz CT molecular complexity index is 1260. The van der Waals surface area contributed by atoms with Crippen LogP contribution in [0.3, 0.4) is 0 Å². The first-order valence-corrected chi connectivity index (χ1v) is 12.7. The van der Waals surface area contributed by atoms with Crippen molar-refractivity contribution in [2.75, 3.05) is 20.8 Å². The maximum atomic E-state index is 13.8. The molecule has 8 heteroatoms. The predicted molar refractivity (Wildman–Crippen MR) is 139 cm³/mol. The molecule has 1 aliphatic carbocycles. The van der Waals surface area contributed by atoms with Crippen molar-refractivity contribution in [3.8, 4) is 17.2 Å². The van der Waals surface area contributed by atoms with Gasteiger partial charge in [-0.2, -0.15) is 0 Å². The molecule has 190 valence electrons. The third-order valence-electron chi connectivity index (χ3n) is 6.67. The SMILES string of the molecule is CCCOC(=O)C1=C(C)NC2=C(C(=O)C[C@@H](c3ccccc3OC)C2)[C@@H]1c1cc(Br)c(O)c(OC)c1. The molecule has 0 radical (unpaired) electrons. The first-order valence-electron chi connectivity index (χ1n) is 11.9. The number of hydrogen-bond donors (Lipinski definition) is 2. The number of Topliss-reactive ketones (excluding diaryl/α,β-unsaturated/α-hetero) is 1. The predicted octanol–water partition coefficient (Wildman–Crippen LogP) is 5.49. The van der Waals surface area contributed by atoms with Crippen LogP contribution < -0.4 is 14.8 Å². The van der Waals surface area contributed by atoms with Crippen molar-refractivity contribution in [1.29, 1.82) is 0 Å². The molecule has 2 aliphatic rings. The molecule has 2 aromatic rings. The second-order valence-electron chi connectivity index (χ2n) is 8.95. The number of halogens is 1. The van der Waals surface area contributed by atoms with Gasteiger partial charge in [-0.15, -0.1) is 0 Å². The van der Waals surface area contributed by atoms with E-state index in [1.54, 1.807) is 19.2 Å². The molecule has 0 saturated carbocycles. The number of hydrogen-bond acceptors (Lipinski definition) is 7. The fourth-order valence-corrected chi connectivity index (χ4v) is 5.51. The number of benzene rings is 2. The van der Waals surface area contributed by atoms with Crippen LogP contribution in [0.5, 0.6) is 17.2 Å². The molecule has 0 aromatic heterocycles. The first-order chi connectivity index (χ1) is 17.3. The molecule has 2 atom stereocenters. The number of phenolic OH excluding ortho intramolecular Hbond substituents is 1. The minimum Gasteiger partial charge on any atom is -0.503 e. The average Bonchev–Trinajstić information content (AvgIpc) is 2.87.